The SMILES string of the molecule is COc1ccc(C)cc1C(=O)OCC(=O)Nc1ccc(C(F)(F)F)cc1. The molecule has 0 aliphatic heterocycles. The van der Waals surface area contributed by atoms with Crippen molar-refractivity contribution in [2.75, 3.05) is 19.0 Å². The van der Waals surface area contributed by atoms with E-state index >= 15 is 0 Å². The van der Waals surface area contributed by atoms with Crippen molar-refractivity contribution < 1.29 is 32.2 Å². The first kappa shape index (κ1) is 19.3. The lowest BCUT2D eigenvalue weighted by Crippen LogP contribution is -2.21. The Bertz CT molecular complexity index is 801. The minimum Gasteiger partial charge on any atom is -0.496 e. The standard InChI is InChI=1S/C18H16F3NO4/c1-11-3-8-15(25-2)14(9-11)17(24)26-10-16(23)22-13-6-4-12(5-7-13)18(19,20)21/h3-9H,10H2,1-2H3,(H,22,23). The molecule has 0 fully saturated rings. The number of aryl methyl sites for hydroxylation is 1. The maximum absolute atomic E-state index is 12.5. The molecule has 1 N–H and O–H groups in total. The monoisotopic (exact) mass is 367 g/mol. The Balaban J connectivity index is 1.94. The van der Waals surface area contributed by atoms with Crippen LogP contribution in [0, 0.1) is 6.92 Å². The molecule has 5 nitrogen and oxygen atoms in total. The molecule has 0 spiro atoms. The predicted molar refractivity (Wildman–Crippen MR) is 88.1 cm³/mol. The summed E-state index contributed by atoms with van der Waals surface area (Å²) in [4.78, 5) is 23.9. The number of carbonyl (C=O) groups is 2. The highest BCUT2D eigenvalue weighted by molar-refractivity contribution is 5.96. The third-order valence-electron chi connectivity index (χ3n) is 3.41. The van der Waals surface area contributed by atoms with Gasteiger partial charge in [0.15, 0.2) is 6.61 Å². The Morgan fingerprint density at radius 3 is 2.31 bits per heavy atom. The summed E-state index contributed by atoms with van der Waals surface area (Å²) >= 11 is 0. The number of halogens is 3. The van der Waals surface area contributed by atoms with Gasteiger partial charge in [0.25, 0.3) is 5.91 Å². The molecule has 0 unspecified atom stereocenters. The largest absolute Gasteiger partial charge is 0.496 e. The van der Waals surface area contributed by atoms with Gasteiger partial charge in [-0.2, -0.15) is 13.2 Å². The highest BCUT2D eigenvalue weighted by Crippen LogP contribution is 2.29. The van der Waals surface area contributed by atoms with Crippen molar-refractivity contribution >= 4 is 17.6 Å². The van der Waals surface area contributed by atoms with E-state index in [1.165, 1.54) is 7.11 Å². The molecule has 0 atom stereocenters. The molecule has 138 valence electrons. The van der Waals surface area contributed by atoms with E-state index < -0.39 is 30.2 Å². The molecule has 0 saturated carbocycles. The number of carbonyl (C=O) groups excluding carboxylic acids is 2. The fourth-order valence-electron chi connectivity index (χ4n) is 2.13. The molecule has 0 saturated heterocycles. The van der Waals surface area contributed by atoms with Crippen LogP contribution in [0.4, 0.5) is 18.9 Å². The van der Waals surface area contributed by atoms with Crippen molar-refractivity contribution in [1.82, 2.24) is 0 Å². The molecule has 0 aliphatic carbocycles. The van der Waals surface area contributed by atoms with Crippen molar-refractivity contribution in [3.05, 3.63) is 59.2 Å². The smallest absolute Gasteiger partial charge is 0.416 e. The Morgan fingerprint density at radius 1 is 1.08 bits per heavy atom. The van der Waals surface area contributed by atoms with E-state index in [1.807, 2.05) is 0 Å². The van der Waals surface area contributed by atoms with Gasteiger partial charge in [-0.3, -0.25) is 4.79 Å². The quantitative estimate of drug-likeness (QED) is 0.816. The molecule has 2 rings (SSSR count). The van der Waals surface area contributed by atoms with Crippen LogP contribution in [-0.2, 0) is 15.7 Å². The number of anilines is 1. The van der Waals surface area contributed by atoms with E-state index in [2.05, 4.69) is 5.32 Å². The van der Waals surface area contributed by atoms with Gasteiger partial charge in [0.05, 0.1) is 12.7 Å². The van der Waals surface area contributed by atoms with Gasteiger partial charge in [0.2, 0.25) is 0 Å². The number of benzene rings is 2. The summed E-state index contributed by atoms with van der Waals surface area (Å²) in [7, 11) is 1.40. The minimum atomic E-state index is -4.45. The van der Waals surface area contributed by atoms with Gasteiger partial charge >= 0.3 is 12.1 Å². The number of amides is 1. The van der Waals surface area contributed by atoms with Crippen molar-refractivity contribution in [3.8, 4) is 5.75 Å². The van der Waals surface area contributed by atoms with E-state index in [0.717, 1.165) is 29.8 Å². The van der Waals surface area contributed by atoms with Crippen LogP contribution in [0.3, 0.4) is 0 Å². The second-order valence-electron chi connectivity index (χ2n) is 5.40. The van der Waals surface area contributed by atoms with Crippen molar-refractivity contribution in [3.63, 3.8) is 0 Å². The molecule has 8 heteroatoms. The summed E-state index contributed by atoms with van der Waals surface area (Å²) in [6, 6.07) is 8.85. The van der Waals surface area contributed by atoms with Gasteiger partial charge in [-0.05, 0) is 43.3 Å². The molecule has 0 bridgehead atoms. The summed E-state index contributed by atoms with van der Waals surface area (Å²) in [5.74, 6) is -1.11. The molecular weight excluding hydrogens is 351 g/mol. The third kappa shape index (κ3) is 4.98. The first-order chi connectivity index (χ1) is 12.2. The first-order valence-corrected chi connectivity index (χ1v) is 7.49. The second kappa shape index (κ2) is 7.90. The molecule has 2 aromatic rings. The van der Waals surface area contributed by atoms with Gasteiger partial charge in [0, 0.05) is 5.69 Å². The lowest BCUT2D eigenvalue weighted by atomic mass is 10.1. The average Bonchev–Trinajstić information content (AvgIpc) is 2.59. The Hall–Kier alpha value is -3.03. The predicted octanol–water partition coefficient (Wildman–Crippen LogP) is 3.82. The minimum absolute atomic E-state index is 0.159. The Morgan fingerprint density at radius 2 is 1.73 bits per heavy atom. The fourth-order valence-corrected chi connectivity index (χ4v) is 2.13. The lowest BCUT2D eigenvalue weighted by molar-refractivity contribution is -0.137. The third-order valence-corrected chi connectivity index (χ3v) is 3.41. The number of nitrogens with one attached hydrogen (secondary N) is 1. The number of methoxy groups -OCH3 is 1. The zero-order chi connectivity index (χ0) is 19.3. The summed E-state index contributed by atoms with van der Waals surface area (Å²) < 4.78 is 47.5. The van der Waals surface area contributed by atoms with Crippen LogP contribution in [0.25, 0.3) is 0 Å². The average molecular weight is 367 g/mol. The number of ether oxygens (including phenoxy) is 2. The normalized spacial score (nSPS) is 11.0. The molecule has 0 aromatic heterocycles. The van der Waals surface area contributed by atoms with Gasteiger partial charge in [-0.1, -0.05) is 11.6 Å². The number of hydrogen-bond donors (Lipinski definition) is 1. The zero-order valence-electron chi connectivity index (χ0n) is 14.0. The van der Waals surface area contributed by atoms with E-state index in [1.54, 1.807) is 25.1 Å². The maximum Gasteiger partial charge on any atom is 0.416 e. The van der Waals surface area contributed by atoms with E-state index in [0.29, 0.717) is 5.75 Å². The zero-order valence-corrected chi connectivity index (χ0v) is 14.0. The Labute approximate surface area is 147 Å². The first-order valence-electron chi connectivity index (χ1n) is 7.49. The molecule has 1 amide bonds. The summed E-state index contributed by atoms with van der Waals surface area (Å²) in [5.41, 5.74) is 0.322. The highest BCUT2D eigenvalue weighted by Gasteiger charge is 2.30. The molecule has 0 heterocycles. The van der Waals surface area contributed by atoms with Gasteiger partial charge in [0.1, 0.15) is 11.3 Å². The molecule has 0 radical (unpaired) electrons. The van der Waals surface area contributed by atoms with Crippen molar-refractivity contribution in [2.45, 2.75) is 13.1 Å². The number of hydrogen-bond acceptors (Lipinski definition) is 4. The highest BCUT2D eigenvalue weighted by atomic mass is 19.4. The van der Waals surface area contributed by atoms with Crippen molar-refractivity contribution in [1.29, 1.82) is 0 Å². The second-order valence-corrected chi connectivity index (χ2v) is 5.40. The summed E-state index contributed by atoms with van der Waals surface area (Å²) in [6.07, 6.45) is -4.45. The van der Waals surface area contributed by atoms with Gasteiger partial charge < -0.3 is 14.8 Å². The fraction of sp³-hybridized carbons (Fsp3) is 0.222. The molecule has 0 aliphatic rings. The number of alkyl halides is 3. The van der Waals surface area contributed by atoms with Crippen LogP contribution in [0.15, 0.2) is 42.5 Å². The molecule has 26 heavy (non-hydrogen) atoms. The van der Waals surface area contributed by atoms with Gasteiger partial charge in [-0.25, -0.2) is 4.79 Å². The van der Waals surface area contributed by atoms with Gasteiger partial charge in [-0.15, -0.1) is 0 Å². The Kier molecular flexibility index (Phi) is 5.86. The summed E-state index contributed by atoms with van der Waals surface area (Å²) in [5, 5.41) is 2.35. The van der Waals surface area contributed by atoms with E-state index in [4.69, 9.17) is 9.47 Å². The molecule has 2 aromatic carbocycles. The number of rotatable bonds is 5. The van der Waals surface area contributed by atoms with Crippen LogP contribution in [0.5, 0.6) is 5.75 Å². The van der Waals surface area contributed by atoms with Crippen LogP contribution < -0.4 is 10.1 Å². The number of esters is 1. The lowest BCUT2D eigenvalue weighted by Gasteiger charge is -2.11. The van der Waals surface area contributed by atoms with E-state index in [-0.39, 0.29) is 11.3 Å². The van der Waals surface area contributed by atoms with Crippen LogP contribution in [0.1, 0.15) is 21.5 Å². The van der Waals surface area contributed by atoms with Crippen LogP contribution >= 0.6 is 0 Å². The van der Waals surface area contributed by atoms with Crippen LogP contribution in [-0.4, -0.2) is 25.6 Å². The summed E-state index contributed by atoms with van der Waals surface area (Å²) in [6.45, 7) is 1.20. The van der Waals surface area contributed by atoms with E-state index in [9.17, 15) is 22.8 Å². The molecular formula is C18H16F3NO4. The van der Waals surface area contributed by atoms with Crippen LogP contribution in [0.2, 0.25) is 0 Å². The van der Waals surface area contributed by atoms with Crippen molar-refractivity contribution in [2.24, 2.45) is 0 Å². The topological polar surface area (TPSA) is 64.6 Å². The maximum atomic E-state index is 12.5.